The summed E-state index contributed by atoms with van der Waals surface area (Å²) in [7, 11) is -3.69. The number of nitrogens with zero attached hydrogens (tertiary/aromatic N) is 1. The van der Waals surface area contributed by atoms with Crippen molar-refractivity contribution in [1.82, 2.24) is 15.2 Å². The van der Waals surface area contributed by atoms with Crippen LogP contribution >= 0.6 is 11.6 Å². The van der Waals surface area contributed by atoms with E-state index >= 15 is 0 Å². The summed E-state index contributed by atoms with van der Waals surface area (Å²) in [5.74, 6) is -1.18. The molecule has 2 rings (SSSR count). The maximum atomic E-state index is 12.6. The molecule has 0 radical (unpaired) electrons. The van der Waals surface area contributed by atoms with Crippen molar-refractivity contribution < 1.29 is 18.0 Å². The molecule has 0 spiro atoms. The molecule has 0 aromatic heterocycles. The molecule has 29 heavy (non-hydrogen) atoms. The summed E-state index contributed by atoms with van der Waals surface area (Å²) in [4.78, 5) is 24.2. The van der Waals surface area contributed by atoms with E-state index in [-0.39, 0.29) is 10.5 Å². The molecule has 2 aromatic rings. The van der Waals surface area contributed by atoms with Crippen molar-refractivity contribution in [1.29, 1.82) is 0 Å². The fourth-order valence-electron chi connectivity index (χ4n) is 2.52. The van der Waals surface area contributed by atoms with Gasteiger partial charge in [0, 0.05) is 29.8 Å². The molecule has 7 nitrogen and oxygen atoms in total. The number of nitrogens with one attached hydrogen (secondary N) is 2. The van der Waals surface area contributed by atoms with Gasteiger partial charge in [0.2, 0.25) is 10.0 Å². The largest absolute Gasteiger partial charge is 0.269 e. The van der Waals surface area contributed by atoms with Gasteiger partial charge >= 0.3 is 0 Å². The zero-order valence-electron chi connectivity index (χ0n) is 16.1. The first-order valence-electron chi connectivity index (χ1n) is 8.92. The SMILES string of the molecule is CCN(CC)S(=O)(=O)c1cccc(C(=O)NNC(=O)/C=C/c2cccc(Cl)c2)c1. The van der Waals surface area contributed by atoms with E-state index in [9.17, 15) is 18.0 Å². The predicted octanol–water partition coefficient (Wildman–Crippen LogP) is 2.84. The number of amides is 2. The van der Waals surface area contributed by atoms with E-state index < -0.39 is 21.8 Å². The minimum atomic E-state index is -3.69. The van der Waals surface area contributed by atoms with Crippen molar-refractivity contribution >= 4 is 39.5 Å². The van der Waals surface area contributed by atoms with E-state index in [0.29, 0.717) is 18.1 Å². The molecule has 0 bridgehead atoms. The Balaban J connectivity index is 2.03. The van der Waals surface area contributed by atoms with Gasteiger partial charge in [-0.3, -0.25) is 20.4 Å². The van der Waals surface area contributed by atoms with E-state index in [1.807, 2.05) is 0 Å². The molecule has 2 aromatic carbocycles. The van der Waals surface area contributed by atoms with Gasteiger partial charge in [0.05, 0.1) is 4.90 Å². The van der Waals surface area contributed by atoms with Gasteiger partial charge in [-0.2, -0.15) is 4.31 Å². The van der Waals surface area contributed by atoms with Crippen molar-refractivity contribution in [2.75, 3.05) is 13.1 Å². The second-order valence-corrected chi connectivity index (χ2v) is 8.32. The summed E-state index contributed by atoms with van der Waals surface area (Å²) in [5.41, 5.74) is 5.35. The summed E-state index contributed by atoms with van der Waals surface area (Å²) in [6.07, 6.45) is 2.79. The lowest BCUT2D eigenvalue weighted by atomic mass is 10.2. The minimum Gasteiger partial charge on any atom is -0.268 e. The molecule has 154 valence electrons. The summed E-state index contributed by atoms with van der Waals surface area (Å²) in [5, 5.41) is 0.542. The number of halogens is 1. The number of carbonyl (C=O) groups is 2. The molecule has 2 amide bonds. The highest BCUT2D eigenvalue weighted by Gasteiger charge is 2.22. The second-order valence-electron chi connectivity index (χ2n) is 5.95. The van der Waals surface area contributed by atoms with Gasteiger partial charge in [-0.25, -0.2) is 8.42 Å². The van der Waals surface area contributed by atoms with E-state index in [2.05, 4.69) is 10.9 Å². The van der Waals surface area contributed by atoms with Gasteiger partial charge < -0.3 is 0 Å². The highest BCUT2D eigenvalue weighted by Crippen LogP contribution is 2.17. The van der Waals surface area contributed by atoms with Gasteiger partial charge in [0.1, 0.15) is 0 Å². The molecule has 0 fully saturated rings. The average Bonchev–Trinajstić information content (AvgIpc) is 2.71. The van der Waals surface area contributed by atoms with Crippen LogP contribution in [0.4, 0.5) is 0 Å². The Morgan fingerprint density at radius 1 is 1.03 bits per heavy atom. The van der Waals surface area contributed by atoms with Crippen LogP contribution in [-0.4, -0.2) is 37.6 Å². The van der Waals surface area contributed by atoms with Crippen LogP contribution in [0.3, 0.4) is 0 Å². The molecule has 0 aliphatic carbocycles. The molecule has 0 unspecified atom stereocenters. The van der Waals surface area contributed by atoms with Crippen LogP contribution in [0.1, 0.15) is 29.8 Å². The molecular weight excluding hydrogens is 414 g/mol. The van der Waals surface area contributed by atoms with Crippen LogP contribution in [-0.2, 0) is 14.8 Å². The Morgan fingerprint density at radius 2 is 1.72 bits per heavy atom. The lowest BCUT2D eigenvalue weighted by molar-refractivity contribution is -0.117. The third-order valence-electron chi connectivity index (χ3n) is 4.01. The van der Waals surface area contributed by atoms with E-state index in [4.69, 9.17) is 11.6 Å². The lowest BCUT2D eigenvalue weighted by Gasteiger charge is -2.18. The number of hydrazine groups is 1. The molecule has 0 aliphatic rings. The molecule has 0 saturated heterocycles. The van der Waals surface area contributed by atoms with Crippen LogP contribution in [0.5, 0.6) is 0 Å². The number of sulfonamides is 1. The summed E-state index contributed by atoms with van der Waals surface area (Å²) < 4.78 is 26.5. The van der Waals surface area contributed by atoms with Crippen LogP contribution in [0.25, 0.3) is 6.08 Å². The first-order valence-corrected chi connectivity index (χ1v) is 10.7. The Morgan fingerprint density at radius 3 is 2.38 bits per heavy atom. The van der Waals surface area contributed by atoms with Crippen LogP contribution in [0.2, 0.25) is 5.02 Å². The number of benzene rings is 2. The summed E-state index contributed by atoms with van der Waals surface area (Å²) in [6, 6.07) is 12.6. The zero-order valence-corrected chi connectivity index (χ0v) is 17.6. The first kappa shape index (κ1) is 22.6. The van der Waals surface area contributed by atoms with Crippen LogP contribution in [0.15, 0.2) is 59.5 Å². The Labute approximate surface area is 175 Å². The third kappa shape index (κ3) is 6.15. The first-order chi connectivity index (χ1) is 13.8. The third-order valence-corrected chi connectivity index (χ3v) is 6.30. The maximum absolute atomic E-state index is 12.6. The van der Waals surface area contributed by atoms with Crippen LogP contribution in [0, 0.1) is 0 Å². The summed E-state index contributed by atoms with van der Waals surface area (Å²) in [6.45, 7) is 4.13. The topological polar surface area (TPSA) is 95.6 Å². The molecule has 0 heterocycles. The summed E-state index contributed by atoms with van der Waals surface area (Å²) >= 11 is 5.88. The van der Waals surface area contributed by atoms with Gasteiger partial charge in [-0.15, -0.1) is 0 Å². The van der Waals surface area contributed by atoms with Gasteiger partial charge in [0.15, 0.2) is 0 Å². The molecule has 2 N–H and O–H groups in total. The highest BCUT2D eigenvalue weighted by molar-refractivity contribution is 7.89. The van der Waals surface area contributed by atoms with E-state index in [1.165, 1.54) is 34.6 Å². The normalized spacial score (nSPS) is 11.6. The average molecular weight is 436 g/mol. The second kappa shape index (κ2) is 10.2. The number of hydrogen-bond acceptors (Lipinski definition) is 4. The Hall–Kier alpha value is -2.68. The quantitative estimate of drug-likeness (QED) is 0.516. The van der Waals surface area contributed by atoms with Crippen molar-refractivity contribution in [3.8, 4) is 0 Å². The lowest BCUT2D eigenvalue weighted by Crippen LogP contribution is -2.40. The van der Waals surface area contributed by atoms with Crippen molar-refractivity contribution in [2.45, 2.75) is 18.7 Å². The molecule has 0 atom stereocenters. The Kier molecular flexibility index (Phi) is 7.95. The molecule has 9 heteroatoms. The van der Waals surface area contributed by atoms with E-state index in [0.717, 1.165) is 5.56 Å². The number of carbonyl (C=O) groups excluding carboxylic acids is 2. The number of hydrogen-bond donors (Lipinski definition) is 2. The van der Waals surface area contributed by atoms with Crippen molar-refractivity contribution in [3.63, 3.8) is 0 Å². The molecular formula is C20H22ClN3O4S. The van der Waals surface area contributed by atoms with Crippen LogP contribution < -0.4 is 10.9 Å². The number of rotatable bonds is 7. The van der Waals surface area contributed by atoms with Crippen molar-refractivity contribution in [2.24, 2.45) is 0 Å². The van der Waals surface area contributed by atoms with Gasteiger partial charge in [-0.05, 0) is 42.0 Å². The van der Waals surface area contributed by atoms with Crippen molar-refractivity contribution in [3.05, 3.63) is 70.8 Å². The monoisotopic (exact) mass is 435 g/mol. The zero-order chi connectivity index (χ0) is 21.4. The molecule has 0 saturated carbocycles. The fourth-order valence-corrected chi connectivity index (χ4v) is 4.23. The smallest absolute Gasteiger partial charge is 0.268 e. The standard InChI is InChI=1S/C20H22ClN3O4S/c1-3-24(4-2)29(27,28)18-10-6-8-16(14-18)20(26)23-22-19(25)12-11-15-7-5-9-17(21)13-15/h5-14H,3-4H2,1-2H3,(H,22,25)(H,23,26)/b12-11+. The van der Waals surface area contributed by atoms with Gasteiger partial charge in [-0.1, -0.05) is 43.6 Å². The maximum Gasteiger partial charge on any atom is 0.269 e. The fraction of sp³-hybridized carbons (Fsp3) is 0.200. The highest BCUT2D eigenvalue weighted by atomic mass is 35.5. The molecule has 0 aliphatic heterocycles. The van der Waals surface area contributed by atoms with E-state index in [1.54, 1.807) is 44.2 Å². The minimum absolute atomic E-state index is 0.0148. The van der Waals surface area contributed by atoms with Gasteiger partial charge in [0.25, 0.3) is 11.8 Å². The Bertz CT molecular complexity index is 1020. The predicted molar refractivity (Wildman–Crippen MR) is 113 cm³/mol.